The number of anilines is 2. The lowest BCUT2D eigenvalue weighted by Gasteiger charge is -2.23. The van der Waals surface area contributed by atoms with Gasteiger partial charge in [-0.1, -0.05) is 43.7 Å². The molecule has 2 amide bonds. The summed E-state index contributed by atoms with van der Waals surface area (Å²) in [7, 11) is 0. The van der Waals surface area contributed by atoms with Crippen LogP contribution >= 0.6 is 0 Å². The second-order valence-corrected chi connectivity index (χ2v) is 7.68. The highest BCUT2D eigenvalue weighted by Crippen LogP contribution is 2.28. The molecule has 0 bridgehead atoms. The van der Waals surface area contributed by atoms with Crippen molar-refractivity contribution in [2.45, 2.75) is 52.0 Å². The number of unbranched alkanes of at least 4 members (excludes halogenated alkanes) is 1. The average molecular weight is 394 g/mol. The Hall–Kier alpha value is -2.82. The molecule has 0 aromatic heterocycles. The second-order valence-electron chi connectivity index (χ2n) is 7.68. The Morgan fingerprint density at radius 3 is 2.48 bits per heavy atom. The first-order chi connectivity index (χ1) is 14.1. The number of nitrogens with one attached hydrogen (secondary N) is 2. The monoisotopic (exact) mass is 393 g/mol. The van der Waals surface area contributed by atoms with Gasteiger partial charge in [-0.15, -0.1) is 0 Å². The SMILES string of the molecule is CCCCC(=O)Nc1ccc(N2CCCC2)c(C(=O)NC(C)c2ccccc2)c1. The summed E-state index contributed by atoms with van der Waals surface area (Å²) in [5.74, 6) is -0.127. The Bertz CT molecular complexity index is 829. The summed E-state index contributed by atoms with van der Waals surface area (Å²) in [6.45, 7) is 5.96. The zero-order chi connectivity index (χ0) is 20.6. The number of amides is 2. The third-order valence-electron chi connectivity index (χ3n) is 5.38. The quantitative estimate of drug-likeness (QED) is 0.670. The van der Waals surface area contributed by atoms with Gasteiger partial charge in [0.25, 0.3) is 5.91 Å². The molecule has 0 radical (unpaired) electrons. The van der Waals surface area contributed by atoms with Crippen molar-refractivity contribution in [3.05, 3.63) is 59.7 Å². The van der Waals surface area contributed by atoms with Gasteiger partial charge in [0.2, 0.25) is 5.91 Å². The van der Waals surface area contributed by atoms with Crippen LogP contribution in [0.25, 0.3) is 0 Å². The standard InChI is InChI=1S/C24H31N3O2/c1-3-4-12-23(28)26-20-13-14-22(27-15-8-9-16-27)21(17-20)24(29)25-18(2)19-10-6-5-7-11-19/h5-7,10-11,13-14,17-18H,3-4,8-9,12,15-16H2,1-2H3,(H,25,29)(H,26,28). The zero-order valence-corrected chi connectivity index (χ0v) is 17.4. The molecule has 1 fully saturated rings. The number of nitrogens with zero attached hydrogens (tertiary/aromatic N) is 1. The first-order valence-electron chi connectivity index (χ1n) is 10.6. The summed E-state index contributed by atoms with van der Waals surface area (Å²) in [4.78, 5) is 27.6. The van der Waals surface area contributed by atoms with Gasteiger partial charge in [-0.3, -0.25) is 9.59 Å². The molecule has 0 aliphatic carbocycles. The summed E-state index contributed by atoms with van der Waals surface area (Å²) < 4.78 is 0. The molecule has 1 unspecified atom stereocenters. The van der Waals surface area contributed by atoms with Gasteiger partial charge in [0.05, 0.1) is 11.6 Å². The minimum absolute atomic E-state index is 0.00946. The molecule has 1 heterocycles. The van der Waals surface area contributed by atoms with Crippen molar-refractivity contribution >= 4 is 23.2 Å². The molecular formula is C24H31N3O2. The van der Waals surface area contributed by atoms with Gasteiger partial charge >= 0.3 is 0 Å². The van der Waals surface area contributed by atoms with Crippen LogP contribution in [0.15, 0.2) is 48.5 Å². The molecule has 1 aliphatic rings. The van der Waals surface area contributed by atoms with Gasteiger partial charge in [0, 0.05) is 30.9 Å². The van der Waals surface area contributed by atoms with Gasteiger partial charge in [-0.2, -0.15) is 0 Å². The third kappa shape index (κ3) is 5.59. The first-order valence-corrected chi connectivity index (χ1v) is 10.6. The molecule has 5 nitrogen and oxygen atoms in total. The maximum absolute atomic E-state index is 13.2. The predicted molar refractivity (Wildman–Crippen MR) is 118 cm³/mol. The van der Waals surface area contributed by atoms with Crippen LogP contribution in [-0.4, -0.2) is 24.9 Å². The van der Waals surface area contributed by atoms with E-state index >= 15 is 0 Å². The van der Waals surface area contributed by atoms with E-state index in [1.165, 1.54) is 0 Å². The highest BCUT2D eigenvalue weighted by molar-refractivity contribution is 6.02. The molecule has 5 heteroatoms. The van der Waals surface area contributed by atoms with Crippen molar-refractivity contribution in [1.29, 1.82) is 0 Å². The van der Waals surface area contributed by atoms with E-state index in [-0.39, 0.29) is 17.9 Å². The van der Waals surface area contributed by atoms with Crippen LogP contribution in [0.5, 0.6) is 0 Å². The Morgan fingerprint density at radius 1 is 1.07 bits per heavy atom. The highest BCUT2D eigenvalue weighted by Gasteiger charge is 2.21. The van der Waals surface area contributed by atoms with Crippen molar-refractivity contribution in [1.82, 2.24) is 5.32 Å². The topological polar surface area (TPSA) is 61.4 Å². The average Bonchev–Trinajstić information content (AvgIpc) is 3.27. The van der Waals surface area contributed by atoms with E-state index < -0.39 is 0 Å². The van der Waals surface area contributed by atoms with Gasteiger partial charge in [0.1, 0.15) is 0 Å². The molecule has 1 saturated heterocycles. The van der Waals surface area contributed by atoms with Gasteiger partial charge < -0.3 is 15.5 Å². The normalized spacial score (nSPS) is 14.5. The van der Waals surface area contributed by atoms with E-state index in [9.17, 15) is 9.59 Å². The lowest BCUT2D eigenvalue weighted by atomic mass is 10.1. The molecule has 154 valence electrons. The Balaban J connectivity index is 1.81. The number of benzene rings is 2. The van der Waals surface area contributed by atoms with E-state index in [2.05, 4.69) is 22.5 Å². The number of hydrogen-bond donors (Lipinski definition) is 2. The number of carbonyl (C=O) groups excluding carboxylic acids is 2. The number of carbonyl (C=O) groups is 2. The van der Waals surface area contributed by atoms with E-state index in [1.54, 1.807) is 0 Å². The number of hydrogen-bond acceptors (Lipinski definition) is 3. The van der Waals surface area contributed by atoms with E-state index in [0.717, 1.165) is 50.0 Å². The molecule has 1 aliphatic heterocycles. The lowest BCUT2D eigenvalue weighted by molar-refractivity contribution is -0.116. The third-order valence-corrected chi connectivity index (χ3v) is 5.38. The largest absolute Gasteiger partial charge is 0.371 e. The van der Waals surface area contributed by atoms with Crippen LogP contribution in [0.3, 0.4) is 0 Å². The minimum atomic E-state index is -0.118. The maximum Gasteiger partial charge on any atom is 0.253 e. The molecule has 3 rings (SSSR count). The molecule has 0 spiro atoms. The van der Waals surface area contributed by atoms with Crippen LogP contribution in [0, 0.1) is 0 Å². The molecule has 0 saturated carbocycles. The fourth-order valence-electron chi connectivity index (χ4n) is 3.69. The smallest absolute Gasteiger partial charge is 0.253 e. The number of rotatable bonds is 8. The summed E-state index contributed by atoms with van der Waals surface area (Å²) in [6.07, 6.45) is 4.61. The van der Waals surface area contributed by atoms with E-state index in [4.69, 9.17) is 0 Å². The van der Waals surface area contributed by atoms with Gasteiger partial charge in [-0.25, -0.2) is 0 Å². The molecule has 2 aromatic rings. The Labute approximate surface area is 173 Å². The fraction of sp³-hybridized carbons (Fsp3) is 0.417. The highest BCUT2D eigenvalue weighted by atomic mass is 16.2. The van der Waals surface area contributed by atoms with Crippen LogP contribution in [0.1, 0.15) is 67.9 Å². The summed E-state index contributed by atoms with van der Waals surface area (Å²) in [5.41, 5.74) is 3.29. The molecule has 2 N–H and O–H groups in total. The van der Waals surface area contributed by atoms with Crippen LogP contribution in [-0.2, 0) is 4.79 Å². The Morgan fingerprint density at radius 2 is 1.79 bits per heavy atom. The van der Waals surface area contributed by atoms with Gasteiger partial charge in [0.15, 0.2) is 0 Å². The molecule has 1 atom stereocenters. The van der Waals surface area contributed by atoms with Crippen LogP contribution in [0.4, 0.5) is 11.4 Å². The predicted octanol–water partition coefficient (Wildman–Crippen LogP) is 4.91. The molecular weight excluding hydrogens is 362 g/mol. The fourth-order valence-corrected chi connectivity index (χ4v) is 3.69. The molecule has 2 aromatic carbocycles. The zero-order valence-electron chi connectivity index (χ0n) is 17.4. The van der Waals surface area contributed by atoms with Crippen molar-refractivity contribution in [2.75, 3.05) is 23.3 Å². The van der Waals surface area contributed by atoms with Gasteiger partial charge in [-0.05, 0) is 49.9 Å². The second kappa shape index (κ2) is 10.1. The summed E-state index contributed by atoms with van der Waals surface area (Å²) in [5, 5.41) is 6.05. The Kier molecular flexibility index (Phi) is 7.28. The van der Waals surface area contributed by atoms with Crippen LogP contribution in [0.2, 0.25) is 0 Å². The van der Waals surface area contributed by atoms with Crippen LogP contribution < -0.4 is 15.5 Å². The van der Waals surface area contributed by atoms with Crippen molar-refractivity contribution in [2.24, 2.45) is 0 Å². The van der Waals surface area contributed by atoms with E-state index in [1.807, 2.05) is 55.5 Å². The maximum atomic E-state index is 13.2. The van der Waals surface area contributed by atoms with Crippen molar-refractivity contribution in [3.63, 3.8) is 0 Å². The minimum Gasteiger partial charge on any atom is -0.371 e. The van der Waals surface area contributed by atoms with Crippen molar-refractivity contribution in [3.8, 4) is 0 Å². The lowest BCUT2D eigenvalue weighted by Crippen LogP contribution is -2.29. The first kappa shape index (κ1) is 20.9. The van der Waals surface area contributed by atoms with Crippen molar-refractivity contribution < 1.29 is 9.59 Å². The van der Waals surface area contributed by atoms with E-state index in [0.29, 0.717) is 17.7 Å². The summed E-state index contributed by atoms with van der Waals surface area (Å²) in [6, 6.07) is 15.5. The summed E-state index contributed by atoms with van der Waals surface area (Å²) >= 11 is 0. The molecule has 29 heavy (non-hydrogen) atoms.